The number of nitrogen functional groups attached to an aromatic ring is 1. The Morgan fingerprint density at radius 3 is 2.80 bits per heavy atom. The van der Waals surface area contributed by atoms with Gasteiger partial charge in [0.1, 0.15) is 0 Å². The number of nitrogens with two attached hydrogens (primary N) is 1. The molecule has 0 atom stereocenters. The van der Waals surface area contributed by atoms with E-state index >= 15 is 0 Å². The molecular weight excluding hydrogens is 324 g/mol. The third-order valence-corrected chi connectivity index (χ3v) is 3.16. The molecule has 5 heteroatoms. The Labute approximate surface area is 106 Å². The number of rotatable bonds is 1. The smallest absolute Gasteiger partial charge is 0.0860 e. The van der Waals surface area contributed by atoms with Crippen molar-refractivity contribution in [2.45, 2.75) is 6.92 Å². The van der Waals surface area contributed by atoms with E-state index in [0.29, 0.717) is 5.02 Å². The average molecular weight is 334 g/mol. The Morgan fingerprint density at radius 1 is 1.40 bits per heavy atom. The lowest BCUT2D eigenvalue weighted by molar-refractivity contribution is 1.23. The van der Waals surface area contributed by atoms with Gasteiger partial charge in [-0.05, 0) is 47.7 Å². The number of anilines is 1. The van der Waals surface area contributed by atoms with Crippen LogP contribution < -0.4 is 11.3 Å². The number of aromatic nitrogens is 1. The summed E-state index contributed by atoms with van der Waals surface area (Å²) in [6, 6.07) is 5.65. The summed E-state index contributed by atoms with van der Waals surface area (Å²) in [6.07, 6.45) is 0. The fraction of sp³-hybridized carbons (Fsp3) is 0.100. The molecule has 0 unspecified atom stereocenters. The first-order valence-corrected chi connectivity index (χ1v) is 5.80. The van der Waals surface area contributed by atoms with Gasteiger partial charge in [-0.3, -0.25) is 10.8 Å². The second-order valence-corrected chi connectivity index (χ2v) is 4.84. The summed E-state index contributed by atoms with van der Waals surface area (Å²) < 4.78 is 1.02. The van der Waals surface area contributed by atoms with Crippen molar-refractivity contribution in [1.29, 1.82) is 0 Å². The zero-order valence-electron chi connectivity index (χ0n) is 8.01. The fourth-order valence-corrected chi connectivity index (χ4v) is 2.65. The lowest BCUT2D eigenvalue weighted by Gasteiger charge is -2.08. The molecule has 0 aliphatic rings. The number of halogens is 2. The van der Waals surface area contributed by atoms with Crippen LogP contribution in [0.15, 0.2) is 18.2 Å². The first-order valence-electron chi connectivity index (χ1n) is 4.35. The second-order valence-electron chi connectivity index (χ2n) is 3.24. The highest BCUT2D eigenvalue weighted by Crippen LogP contribution is 2.29. The highest BCUT2D eigenvalue weighted by Gasteiger charge is 2.07. The maximum Gasteiger partial charge on any atom is 0.0860 e. The second kappa shape index (κ2) is 4.11. The molecule has 3 nitrogen and oxygen atoms in total. The molecule has 0 saturated carbocycles. The minimum atomic E-state index is 0.689. The summed E-state index contributed by atoms with van der Waals surface area (Å²) >= 11 is 8.21. The van der Waals surface area contributed by atoms with Crippen LogP contribution in [0.3, 0.4) is 0 Å². The van der Waals surface area contributed by atoms with Crippen LogP contribution in [-0.2, 0) is 0 Å². The van der Waals surface area contributed by atoms with Crippen LogP contribution in [0.25, 0.3) is 10.9 Å². The molecule has 2 aromatic rings. The summed E-state index contributed by atoms with van der Waals surface area (Å²) in [5.74, 6) is 5.46. The van der Waals surface area contributed by atoms with E-state index in [9.17, 15) is 0 Å². The summed E-state index contributed by atoms with van der Waals surface area (Å²) in [4.78, 5) is 4.46. The third kappa shape index (κ3) is 2.02. The lowest BCUT2D eigenvalue weighted by Crippen LogP contribution is -2.08. The monoisotopic (exact) mass is 333 g/mol. The van der Waals surface area contributed by atoms with Crippen LogP contribution in [0.1, 0.15) is 5.69 Å². The number of hydrogen-bond donors (Lipinski definition) is 2. The van der Waals surface area contributed by atoms with Crippen molar-refractivity contribution >= 4 is 50.8 Å². The molecule has 0 amide bonds. The maximum atomic E-state index is 5.99. The van der Waals surface area contributed by atoms with Crippen LogP contribution in [0.4, 0.5) is 5.69 Å². The SMILES string of the molecule is Cc1cc(NN)c2cc(Cl)cc(I)c2n1. The van der Waals surface area contributed by atoms with Crippen molar-refractivity contribution in [3.05, 3.63) is 32.5 Å². The Hall–Kier alpha value is -0.590. The van der Waals surface area contributed by atoms with Crippen LogP contribution in [0.2, 0.25) is 5.02 Å². The minimum absolute atomic E-state index is 0.689. The largest absolute Gasteiger partial charge is 0.323 e. The number of fused-ring (bicyclic) bond motifs is 1. The average Bonchev–Trinajstić information content (AvgIpc) is 2.18. The Morgan fingerprint density at radius 2 is 2.13 bits per heavy atom. The number of nitrogens with one attached hydrogen (secondary N) is 1. The highest BCUT2D eigenvalue weighted by molar-refractivity contribution is 14.1. The van der Waals surface area contributed by atoms with Crippen LogP contribution >= 0.6 is 34.2 Å². The molecule has 1 heterocycles. The zero-order valence-corrected chi connectivity index (χ0v) is 10.9. The van der Waals surface area contributed by atoms with Gasteiger partial charge in [-0.1, -0.05) is 11.6 Å². The number of hydrazine groups is 1. The molecular formula is C10H9ClIN3. The topological polar surface area (TPSA) is 50.9 Å². The van der Waals surface area contributed by atoms with Crippen molar-refractivity contribution in [3.63, 3.8) is 0 Å². The molecule has 0 spiro atoms. The van der Waals surface area contributed by atoms with Gasteiger partial charge in [0.05, 0.1) is 11.2 Å². The molecule has 0 radical (unpaired) electrons. The third-order valence-electron chi connectivity index (χ3n) is 2.12. The van der Waals surface area contributed by atoms with Gasteiger partial charge in [-0.25, -0.2) is 0 Å². The van der Waals surface area contributed by atoms with E-state index in [1.165, 1.54) is 0 Å². The predicted octanol–water partition coefficient (Wildman–Crippen LogP) is 3.09. The van der Waals surface area contributed by atoms with Gasteiger partial charge in [0, 0.05) is 19.7 Å². The maximum absolute atomic E-state index is 5.99. The summed E-state index contributed by atoms with van der Waals surface area (Å²) in [6.45, 7) is 1.94. The number of benzene rings is 1. The summed E-state index contributed by atoms with van der Waals surface area (Å²) in [5.41, 5.74) is 5.36. The quantitative estimate of drug-likeness (QED) is 0.479. The van der Waals surface area contributed by atoms with Gasteiger partial charge in [-0.2, -0.15) is 0 Å². The van der Waals surface area contributed by atoms with Gasteiger partial charge in [0.15, 0.2) is 0 Å². The molecule has 1 aromatic carbocycles. The molecule has 0 saturated heterocycles. The molecule has 0 bridgehead atoms. The van der Waals surface area contributed by atoms with E-state index in [1.807, 2.05) is 25.1 Å². The van der Waals surface area contributed by atoms with Crippen molar-refractivity contribution in [2.75, 3.05) is 5.43 Å². The molecule has 78 valence electrons. The van der Waals surface area contributed by atoms with E-state index in [0.717, 1.165) is 25.9 Å². The number of aryl methyl sites for hydroxylation is 1. The number of hydrogen-bond acceptors (Lipinski definition) is 3. The van der Waals surface area contributed by atoms with Crippen molar-refractivity contribution < 1.29 is 0 Å². The molecule has 0 fully saturated rings. The highest BCUT2D eigenvalue weighted by atomic mass is 127. The molecule has 15 heavy (non-hydrogen) atoms. The van der Waals surface area contributed by atoms with Crippen molar-refractivity contribution in [1.82, 2.24) is 4.98 Å². The van der Waals surface area contributed by atoms with E-state index in [-0.39, 0.29) is 0 Å². The predicted molar refractivity (Wildman–Crippen MR) is 72.0 cm³/mol. The van der Waals surface area contributed by atoms with Crippen LogP contribution in [0, 0.1) is 10.5 Å². The normalized spacial score (nSPS) is 10.7. The first-order chi connectivity index (χ1) is 7.11. The summed E-state index contributed by atoms with van der Waals surface area (Å²) in [7, 11) is 0. The van der Waals surface area contributed by atoms with E-state index in [2.05, 4.69) is 33.0 Å². The van der Waals surface area contributed by atoms with Gasteiger partial charge in [0.2, 0.25) is 0 Å². The van der Waals surface area contributed by atoms with Gasteiger partial charge in [-0.15, -0.1) is 0 Å². The Balaban J connectivity index is 2.89. The zero-order chi connectivity index (χ0) is 11.0. The van der Waals surface area contributed by atoms with E-state index in [1.54, 1.807) is 0 Å². The molecule has 3 N–H and O–H groups in total. The number of nitrogens with zero attached hydrogens (tertiary/aromatic N) is 1. The van der Waals surface area contributed by atoms with Crippen molar-refractivity contribution in [3.8, 4) is 0 Å². The van der Waals surface area contributed by atoms with Crippen LogP contribution in [-0.4, -0.2) is 4.98 Å². The number of pyridine rings is 1. The lowest BCUT2D eigenvalue weighted by atomic mass is 10.1. The standard InChI is InChI=1S/C10H9ClIN3/c1-5-2-9(15-13)7-3-6(11)4-8(12)10(7)14-5/h2-4H,13H2,1H3,(H,14,15). The van der Waals surface area contributed by atoms with E-state index in [4.69, 9.17) is 17.4 Å². The molecule has 1 aromatic heterocycles. The molecule has 2 rings (SSSR count). The molecule has 0 aliphatic carbocycles. The van der Waals surface area contributed by atoms with Gasteiger partial charge < -0.3 is 5.43 Å². The first kappa shape index (κ1) is 10.9. The Bertz CT molecular complexity index is 528. The van der Waals surface area contributed by atoms with Gasteiger partial charge in [0.25, 0.3) is 0 Å². The van der Waals surface area contributed by atoms with E-state index < -0.39 is 0 Å². The minimum Gasteiger partial charge on any atom is -0.323 e. The summed E-state index contributed by atoms with van der Waals surface area (Å²) in [5, 5.41) is 1.63. The Kier molecular flexibility index (Phi) is 2.99. The van der Waals surface area contributed by atoms with Crippen LogP contribution in [0.5, 0.6) is 0 Å². The molecule has 0 aliphatic heterocycles. The van der Waals surface area contributed by atoms with Gasteiger partial charge >= 0.3 is 0 Å². The fourth-order valence-electron chi connectivity index (χ4n) is 1.50. The van der Waals surface area contributed by atoms with Crippen molar-refractivity contribution in [2.24, 2.45) is 5.84 Å².